The van der Waals surface area contributed by atoms with E-state index in [9.17, 15) is 23.1 Å². The highest BCUT2D eigenvalue weighted by atomic mass is 19.4. The molecule has 2 aromatic carbocycles. The third-order valence-electron chi connectivity index (χ3n) is 6.76. The van der Waals surface area contributed by atoms with Gasteiger partial charge in [-0.25, -0.2) is 9.97 Å². The summed E-state index contributed by atoms with van der Waals surface area (Å²) < 4.78 is 44.0. The molecule has 39 heavy (non-hydrogen) atoms. The zero-order valence-electron chi connectivity index (χ0n) is 21.1. The van der Waals surface area contributed by atoms with E-state index in [0.29, 0.717) is 23.6 Å². The van der Waals surface area contributed by atoms with Crippen LogP contribution >= 0.6 is 0 Å². The first-order valence-corrected chi connectivity index (χ1v) is 12.7. The van der Waals surface area contributed by atoms with Gasteiger partial charge < -0.3 is 14.7 Å². The van der Waals surface area contributed by atoms with Crippen LogP contribution in [0.2, 0.25) is 0 Å². The van der Waals surface area contributed by atoms with Crippen LogP contribution in [0.1, 0.15) is 36.1 Å². The molecule has 7 nitrogen and oxygen atoms in total. The fourth-order valence-electron chi connectivity index (χ4n) is 4.55. The number of rotatable bonds is 8. The van der Waals surface area contributed by atoms with E-state index in [2.05, 4.69) is 19.9 Å². The molecule has 10 heteroatoms. The average molecular weight is 537 g/mol. The molecule has 202 valence electrons. The number of aromatic nitrogens is 3. The number of carbonyl (C=O) groups excluding carboxylic acids is 1. The smallest absolute Gasteiger partial charge is 0.433 e. The Kier molecular flexibility index (Phi) is 7.74. The van der Waals surface area contributed by atoms with Crippen LogP contribution in [0, 0.1) is 0 Å². The van der Waals surface area contributed by atoms with E-state index in [0.717, 1.165) is 54.2 Å². The van der Waals surface area contributed by atoms with Gasteiger partial charge in [-0.15, -0.1) is 0 Å². The molecular formula is C29H27F3N4O3. The Balaban J connectivity index is 1.17. The Morgan fingerprint density at radius 2 is 1.72 bits per heavy atom. The van der Waals surface area contributed by atoms with Crippen LogP contribution in [0.4, 0.5) is 18.9 Å². The first-order valence-electron chi connectivity index (χ1n) is 12.7. The second-order valence-electron chi connectivity index (χ2n) is 9.61. The van der Waals surface area contributed by atoms with Gasteiger partial charge in [0.25, 0.3) is 0 Å². The lowest BCUT2D eigenvalue weighted by atomic mass is 10.0. The van der Waals surface area contributed by atoms with Gasteiger partial charge in [-0.1, -0.05) is 18.2 Å². The summed E-state index contributed by atoms with van der Waals surface area (Å²) in [7, 11) is 0. The Morgan fingerprint density at radius 3 is 2.41 bits per heavy atom. The van der Waals surface area contributed by atoms with E-state index in [1.807, 2.05) is 18.2 Å². The summed E-state index contributed by atoms with van der Waals surface area (Å²) >= 11 is 0. The van der Waals surface area contributed by atoms with Crippen molar-refractivity contribution in [2.75, 3.05) is 18.0 Å². The van der Waals surface area contributed by atoms with Crippen LogP contribution in [-0.2, 0) is 23.8 Å². The van der Waals surface area contributed by atoms with E-state index in [1.165, 1.54) is 18.6 Å². The fourth-order valence-corrected chi connectivity index (χ4v) is 4.55. The molecule has 2 aromatic heterocycles. The van der Waals surface area contributed by atoms with Gasteiger partial charge in [0.15, 0.2) is 0 Å². The highest BCUT2D eigenvalue weighted by Crippen LogP contribution is 2.31. The molecular weight excluding hydrogens is 509 g/mol. The number of nitrogens with zero attached hydrogens (tertiary/aromatic N) is 4. The lowest BCUT2D eigenvalue weighted by Crippen LogP contribution is -2.35. The normalized spacial score (nSPS) is 14.5. The van der Waals surface area contributed by atoms with Gasteiger partial charge in [-0.3, -0.25) is 9.78 Å². The summed E-state index contributed by atoms with van der Waals surface area (Å²) in [6, 6.07) is 15.4. The maximum absolute atomic E-state index is 12.6. The minimum atomic E-state index is -4.48. The van der Waals surface area contributed by atoms with Gasteiger partial charge in [0, 0.05) is 37.8 Å². The molecule has 1 N–H and O–H groups in total. The monoisotopic (exact) mass is 536 g/mol. The summed E-state index contributed by atoms with van der Waals surface area (Å²) in [6.07, 6.45) is 0.140. The topological polar surface area (TPSA) is 88.4 Å². The van der Waals surface area contributed by atoms with E-state index >= 15 is 0 Å². The predicted molar refractivity (Wildman–Crippen MR) is 140 cm³/mol. The first-order chi connectivity index (χ1) is 18.7. The van der Waals surface area contributed by atoms with Crippen molar-refractivity contribution in [2.24, 2.45) is 0 Å². The van der Waals surface area contributed by atoms with E-state index in [-0.39, 0.29) is 24.7 Å². The van der Waals surface area contributed by atoms with Crippen LogP contribution in [0.15, 0.2) is 67.1 Å². The number of hydrogen-bond acceptors (Lipinski definition) is 7. The molecule has 0 radical (unpaired) electrons. The number of pyridine rings is 1. The Morgan fingerprint density at radius 1 is 0.974 bits per heavy atom. The van der Waals surface area contributed by atoms with Crippen molar-refractivity contribution in [3.05, 3.63) is 83.9 Å². The number of ketones is 1. The number of aliphatic hydroxyl groups excluding tert-OH is 1. The lowest BCUT2D eigenvalue weighted by Gasteiger charge is -2.31. The molecule has 0 bridgehead atoms. The van der Waals surface area contributed by atoms with Gasteiger partial charge in [0.05, 0.1) is 17.0 Å². The largest absolute Gasteiger partial charge is 0.438 e. The molecule has 0 atom stereocenters. The molecule has 0 unspecified atom stereocenters. The molecule has 0 amide bonds. The summed E-state index contributed by atoms with van der Waals surface area (Å²) in [4.78, 5) is 26.8. The third-order valence-corrected chi connectivity index (χ3v) is 6.76. The zero-order valence-corrected chi connectivity index (χ0v) is 21.1. The number of piperidine rings is 1. The number of carbonyl (C=O) groups is 1. The van der Waals surface area contributed by atoms with Crippen molar-refractivity contribution in [3.8, 4) is 11.6 Å². The number of alkyl halides is 3. The van der Waals surface area contributed by atoms with Gasteiger partial charge in [0.2, 0.25) is 5.88 Å². The molecule has 1 aliphatic heterocycles. The first kappa shape index (κ1) is 26.6. The lowest BCUT2D eigenvalue weighted by molar-refractivity contribution is -0.141. The van der Waals surface area contributed by atoms with Crippen molar-refractivity contribution in [2.45, 2.75) is 44.4 Å². The molecule has 1 saturated heterocycles. The average Bonchev–Trinajstić information content (AvgIpc) is 2.93. The Bertz CT molecular complexity index is 1440. The zero-order chi connectivity index (χ0) is 27.4. The highest BCUT2D eigenvalue weighted by Gasteiger charge is 2.32. The fraction of sp³-hybridized carbons (Fsp3) is 0.310. The number of aliphatic hydroxyl groups is 1. The second-order valence-corrected chi connectivity index (χ2v) is 9.61. The quantitative estimate of drug-likeness (QED) is 0.316. The van der Waals surface area contributed by atoms with Crippen LogP contribution in [-0.4, -0.2) is 45.0 Å². The van der Waals surface area contributed by atoms with Gasteiger partial charge in [-0.2, -0.15) is 13.2 Å². The molecule has 0 saturated carbocycles. The number of anilines is 1. The number of halogens is 3. The number of Topliss-reactive ketones (excluding diaryl/α,β-unsaturated/α-hetero) is 1. The molecule has 0 spiro atoms. The van der Waals surface area contributed by atoms with Crippen molar-refractivity contribution in [3.63, 3.8) is 0 Å². The van der Waals surface area contributed by atoms with Crippen LogP contribution in [0.3, 0.4) is 0 Å². The van der Waals surface area contributed by atoms with Crippen LogP contribution in [0.5, 0.6) is 11.6 Å². The SMILES string of the molecule is O=C(CCc1ccc(C(F)(F)F)nc1)Cc1ccc(Oc2ncnc3cc(N4CCC(O)CC4)ccc23)cc1. The van der Waals surface area contributed by atoms with Crippen molar-refractivity contribution in [1.82, 2.24) is 15.0 Å². The van der Waals surface area contributed by atoms with Gasteiger partial charge in [0.1, 0.15) is 23.6 Å². The summed E-state index contributed by atoms with van der Waals surface area (Å²) in [5, 5.41) is 10.5. The highest BCUT2D eigenvalue weighted by molar-refractivity contribution is 5.86. The molecule has 5 rings (SSSR count). The van der Waals surface area contributed by atoms with E-state index < -0.39 is 11.9 Å². The Hall–Kier alpha value is -4.05. The minimum Gasteiger partial charge on any atom is -0.438 e. The predicted octanol–water partition coefficient (Wildman–Crippen LogP) is 5.54. The number of hydrogen-bond donors (Lipinski definition) is 1. The third kappa shape index (κ3) is 6.69. The van der Waals surface area contributed by atoms with Crippen LogP contribution < -0.4 is 9.64 Å². The standard InChI is InChI=1S/C29H27F3N4O3/c30-29(31,32)27-10-4-20(17-33-27)1-6-23(38)15-19-2-7-24(8-3-19)39-28-25-9-5-21(16-26(25)34-18-35-28)36-13-11-22(37)12-14-36/h2-5,7-10,16-18,22,37H,1,6,11-15H2. The maximum Gasteiger partial charge on any atom is 0.433 e. The molecule has 1 fully saturated rings. The number of benzene rings is 2. The van der Waals surface area contributed by atoms with Crippen molar-refractivity contribution in [1.29, 1.82) is 0 Å². The number of ether oxygens (including phenoxy) is 1. The van der Waals surface area contributed by atoms with Crippen LogP contribution in [0.25, 0.3) is 10.9 Å². The molecule has 1 aliphatic rings. The summed E-state index contributed by atoms with van der Waals surface area (Å²) in [6.45, 7) is 1.59. The Labute approximate surface area is 223 Å². The minimum absolute atomic E-state index is 0.0237. The van der Waals surface area contributed by atoms with Crippen molar-refractivity contribution < 1.29 is 27.8 Å². The van der Waals surface area contributed by atoms with Crippen molar-refractivity contribution >= 4 is 22.4 Å². The number of fused-ring (bicyclic) bond motifs is 1. The van der Waals surface area contributed by atoms with Gasteiger partial charge in [-0.05, 0) is 66.8 Å². The molecule has 3 heterocycles. The van der Waals surface area contributed by atoms with Gasteiger partial charge >= 0.3 is 6.18 Å². The molecule has 4 aromatic rings. The number of aryl methyl sites for hydroxylation is 1. The maximum atomic E-state index is 12.6. The summed E-state index contributed by atoms with van der Waals surface area (Å²) in [5.41, 5.74) is 2.25. The molecule has 0 aliphatic carbocycles. The van der Waals surface area contributed by atoms with E-state index in [1.54, 1.807) is 24.3 Å². The second kappa shape index (κ2) is 11.4. The summed E-state index contributed by atoms with van der Waals surface area (Å²) in [5.74, 6) is 0.968. The van der Waals surface area contributed by atoms with E-state index in [4.69, 9.17) is 4.74 Å².